The van der Waals surface area contributed by atoms with E-state index in [0.717, 1.165) is 42.0 Å². The smallest absolute Gasteiger partial charge is 0.224 e. The van der Waals surface area contributed by atoms with E-state index in [-0.39, 0.29) is 30.2 Å². The monoisotopic (exact) mass is 380 g/mol. The second-order valence-corrected chi connectivity index (χ2v) is 6.86. The largest absolute Gasteiger partial charge is 0.353 e. The highest BCUT2D eigenvalue weighted by molar-refractivity contribution is 5.85. The summed E-state index contributed by atoms with van der Waals surface area (Å²) >= 11 is 0. The molecule has 2 unspecified atom stereocenters. The van der Waals surface area contributed by atoms with E-state index in [4.69, 9.17) is 0 Å². The first-order valence-corrected chi connectivity index (χ1v) is 8.78. The molecule has 5 nitrogen and oxygen atoms in total. The van der Waals surface area contributed by atoms with Gasteiger partial charge in [0, 0.05) is 23.3 Å². The molecule has 0 aliphatic carbocycles. The quantitative estimate of drug-likeness (QED) is 0.857. The summed E-state index contributed by atoms with van der Waals surface area (Å²) in [5, 5.41) is 11.1. The van der Waals surface area contributed by atoms with Crippen LogP contribution in [0.15, 0.2) is 24.3 Å². The van der Waals surface area contributed by atoms with Crippen LogP contribution in [0.25, 0.3) is 5.69 Å². The van der Waals surface area contributed by atoms with Crippen molar-refractivity contribution in [3.8, 4) is 5.69 Å². The average molecular weight is 381 g/mol. The molecular formula is C19H26ClFN4O. The number of hydrogen-bond donors (Lipinski definition) is 2. The molecule has 2 heterocycles. The molecule has 1 aliphatic rings. The zero-order valence-electron chi connectivity index (χ0n) is 15.4. The topological polar surface area (TPSA) is 59.0 Å². The molecule has 0 radical (unpaired) electrons. The van der Waals surface area contributed by atoms with Crippen LogP contribution in [0.4, 0.5) is 4.39 Å². The standard InChI is InChI=1S/C19H25FN4O.ClH/c1-12-10-16(8-9-21-12)22-19(25)11-18-13(2)23-24(14(18)3)17-6-4-15(20)5-7-17;/h4-7,12,16,21H,8-11H2,1-3H3,(H,22,25);1H. The highest BCUT2D eigenvalue weighted by atomic mass is 35.5. The summed E-state index contributed by atoms with van der Waals surface area (Å²) in [7, 11) is 0. The number of amides is 1. The average Bonchev–Trinajstić information content (AvgIpc) is 2.84. The van der Waals surface area contributed by atoms with Gasteiger partial charge in [-0.05, 0) is 64.4 Å². The summed E-state index contributed by atoms with van der Waals surface area (Å²) in [5.74, 6) is -0.245. The maximum atomic E-state index is 13.1. The third kappa shape index (κ3) is 4.62. The van der Waals surface area contributed by atoms with Gasteiger partial charge in [-0.15, -0.1) is 12.4 Å². The number of nitrogens with one attached hydrogen (secondary N) is 2. The van der Waals surface area contributed by atoms with Gasteiger partial charge in [0.1, 0.15) is 5.82 Å². The molecule has 2 N–H and O–H groups in total. The molecule has 0 spiro atoms. The second kappa shape index (κ2) is 8.64. The van der Waals surface area contributed by atoms with Crippen molar-refractivity contribution in [2.24, 2.45) is 0 Å². The Morgan fingerprint density at radius 2 is 2.04 bits per heavy atom. The number of benzene rings is 1. The van der Waals surface area contributed by atoms with Gasteiger partial charge in [-0.25, -0.2) is 9.07 Å². The van der Waals surface area contributed by atoms with E-state index < -0.39 is 0 Å². The highest BCUT2D eigenvalue weighted by Crippen LogP contribution is 2.19. The minimum atomic E-state index is -0.277. The van der Waals surface area contributed by atoms with E-state index in [1.54, 1.807) is 16.8 Å². The molecule has 2 aromatic rings. The van der Waals surface area contributed by atoms with E-state index in [2.05, 4.69) is 22.7 Å². The summed E-state index contributed by atoms with van der Waals surface area (Å²) < 4.78 is 14.9. The lowest BCUT2D eigenvalue weighted by Gasteiger charge is -2.28. The number of rotatable bonds is 4. The summed E-state index contributed by atoms with van der Waals surface area (Å²) in [6.07, 6.45) is 2.23. The zero-order chi connectivity index (χ0) is 18.0. The molecule has 1 amide bonds. The Bertz CT molecular complexity index is 760. The number of nitrogens with zero attached hydrogens (tertiary/aromatic N) is 2. The molecule has 1 aromatic carbocycles. The lowest BCUT2D eigenvalue weighted by Crippen LogP contribution is -2.47. The van der Waals surface area contributed by atoms with Crippen molar-refractivity contribution in [2.75, 3.05) is 6.54 Å². The molecule has 1 aromatic heterocycles. The number of carbonyl (C=O) groups is 1. The molecular weight excluding hydrogens is 355 g/mol. The fraction of sp³-hybridized carbons (Fsp3) is 0.474. The third-order valence-corrected chi connectivity index (χ3v) is 4.84. The number of aryl methyl sites for hydroxylation is 1. The number of aromatic nitrogens is 2. The molecule has 7 heteroatoms. The van der Waals surface area contributed by atoms with Gasteiger partial charge >= 0.3 is 0 Å². The third-order valence-electron chi connectivity index (χ3n) is 4.84. The molecule has 2 atom stereocenters. The van der Waals surface area contributed by atoms with E-state index in [0.29, 0.717) is 12.5 Å². The summed E-state index contributed by atoms with van der Waals surface area (Å²) in [6, 6.07) is 6.87. The minimum absolute atomic E-state index is 0. The maximum absolute atomic E-state index is 13.1. The molecule has 1 fully saturated rings. The van der Waals surface area contributed by atoms with Gasteiger partial charge in [-0.1, -0.05) is 0 Å². The van der Waals surface area contributed by atoms with Crippen molar-refractivity contribution in [1.82, 2.24) is 20.4 Å². The van der Waals surface area contributed by atoms with Crippen molar-refractivity contribution >= 4 is 18.3 Å². The SMILES string of the molecule is Cc1nn(-c2ccc(F)cc2)c(C)c1CC(=O)NC1CCNC(C)C1.Cl. The Morgan fingerprint density at radius 3 is 2.69 bits per heavy atom. The van der Waals surface area contributed by atoms with Gasteiger partial charge in [0.2, 0.25) is 5.91 Å². The Hall–Kier alpha value is -1.92. The fourth-order valence-electron chi connectivity index (χ4n) is 3.47. The molecule has 1 aliphatic heterocycles. The molecule has 0 saturated carbocycles. The van der Waals surface area contributed by atoms with Crippen molar-refractivity contribution in [1.29, 1.82) is 0 Å². The predicted molar refractivity (Wildman–Crippen MR) is 103 cm³/mol. The number of hydrogen-bond acceptors (Lipinski definition) is 3. The number of carbonyl (C=O) groups excluding carboxylic acids is 1. The molecule has 0 bridgehead atoms. The van der Waals surface area contributed by atoms with Gasteiger partial charge in [0.25, 0.3) is 0 Å². The van der Waals surface area contributed by atoms with Crippen LogP contribution in [0, 0.1) is 19.7 Å². The van der Waals surface area contributed by atoms with Crippen LogP contribution in [0.1, 0.15) is 36.7 Å². The van der Waals surface area contributed by atoms with Gasteiger partial charge < -0.3 is 10.6 Å². The van der Waals surface area contributed by atoms with E-state index in [9.17, 15) is 9.18 Å². The maximum Gasteiger partial charge on any atom is 0.224 e. The van der Waals surface area contributed by atoms with Gasteiger partial charge in [0.15, 0.2) is 0 Å². The van der Waals surface area contributed by atoms with Gasteiger partial charge in [0.05, 0.1) is 17.8 Å². The van der Waals surface area contributed by atoms with Crippen LogP contribution in [0.2, 0.25) is 0 Å². The Morgan fingerprint density at radius 1 is 1.35 bits per heavy atom. The predicted octanol–water partition coefficient (Wildman–Crippen LogP) is 2.85. The minimum Gasteiger partial charge on any atom is -0.353 e. The summed E-state index contributed by atoms with van der Waals surface area (Å²) in [6.45, 7) is 6.92. The first-order chi connectivity index (χ1) is 11.9. The highest BCUT2D eigenvalue weighted by Gasteiger charge is 2.21. The fourth-order valence-corrected chi connectivity index (χ4v) is 3.47. The first-order valence-electron chi connectivity index (χ1n) is 8.78. The first kappa shape index (κ1) is 20.4. The second-order valence-electron chi connectivity index (χ2n) is 6.86. The number of halogens is 2. The van der Waals surface area contributed by atoms with Crippen LogP contribution < -0.4 is 10.6 Å². The van der Waals surface area contributed by atoms with Crippen LogP contribution >= 0.6 is 12.4 Å². The Labute approximate surface area is 159 Å². The van der Waals surface area contributed by atoms with E-state index >= 15 is 0 Å². The summed E-state index contributed by atoms with van der Waals surface area (Å²) in [5.41, 5.74) is 3.47. The van der Waals surface area contributed by atoms with Crippen molar-refractivity contribution in [2.45, 2.75) is 52.1 Å². The van der Waals surface area contributed by atoms with Crippen molar-refractivity contribution in [3.05, 3.63) is 47.0 Å². The van der Waals surface area contributed by atoms with E-state index in [1.165, 1.54) is 12.1 Å². The van der Waals surface area contributed by atoms with Crippen LogP contribution in [-0.4, -0.2) is 34.3 Å². The van der Waals surface area contributed by atoms with Gasteiger partial charge in [-0.3, -0.25) is 4.79 Å². The molecule has 3 rings (SSSR count). The zero-order valence-corrected chi connectivity index (χ0v) is 16.2. The van der Waals surface area contributed by atoms with Gasteiger partial charge in [-0.2, -0.15) is 5.10 Å². The van der Waals surface area contributed by atoms with Crippen LogP contribution in [0.3, 0.4) is 0 Å². The molecule has 142 valence electrons. The Kier molecular flexibility index (Phi) is 6.78. The van der Waals surface area contributed by atoms with Crippen molar-refractivity contribution in [3.63, 3.8) is 0 Å². The normalized spacial score (nSPS) is 19.7. The molecule has 1 saturated heterocycles. The van der Waals surface area contributed by atoms with Crippen molar-refractivity contribution < 1.29 is 9.18 Å². The Balaban J connectivity index is 0.00000243. The lowest BCUT2D eigenvalue weighted by atomic mass is 10.00. The summed E-state index contributed by atoms with van der Waals surface area (Å²) in [4.78, 5) is 12.5. The molecule has 26 heavy (non-hydrogen) atoms. The van der Waals surface area contributed by atoms with Crippen LogP contribution in [-0.2, 0) is 11.2 Å². The van der Waals surface area contributed by atoms with Crippen LogP contribution in [0.5, 0.6) is 0 Å². The lowest BCUT2D eigenvalue weighted by molar-refractivity contribution is -0.121. The van der Waals surface area contributed by atoms with E-state index in [1.807, 2.05) is 13.8 Å². The number of piperidine rings is 1.